The molecule has 0 fully saturated rings. The Kier molecular flexibility index (Phi) is 5.38. The molecule has 3 aromatic carbocycles. The Morgan fingerprint density at radius 1 is 0.931 bits per heavy atom. The van der Waals surface area contributed by atoms with Gasteiger partial charge in [-0.25, -0.2) is 0 Å². The fourth-order valence-electron chi connectivity index (χ4n) is 3.01. The van der Waals surface area contributed by atoms with E-state index in [-0.39, 0.29) is 11.3 Å². The Hall–Kier alpha value is -3.08. The fraction of sp³-hybridized carbons (Fsp3) is 0.0435. The van der Waals surface area contributed by atoms with Crippen molar-refractivity contribution >= 4 is 45.8 Å². The number of fused-ring (bicyclic) bond motifs is 1. The van der Waals surface area contributed by atoms with Gasteiger partial charge in [-0.15, -0.1) is 11.6 Å². The van der Waals surface area contributed by atoms with Crippen LogP contribution in [-0.2, 0) is 4.79 Å². The largest absolute Gasteiger partial charge is 0.456 e. The van der Waals surface area contributed by atoms with Crippen LogP contribution >= 0.6 is 23.2 Å². The Labute approximate surface area is 176 Å². The molecule has 0 bridgehead atoms. The third-order valence-corrected chi connectivity index (χ3v) is 5.24. The summed E-state index contributed by atoms with van der Waals surface area (Å²) in [5.74, 6) is 0.00378. The lowest BCUT2D eigenvalue weighted by molar-refractivity contribution is -0.116. The molecule has 4 aromatic rings. The molecule has 29 heavy (non-hydrogen) atoms. The van der Waals surface area contributed by atoms with Gasteiger partial charge in [-0.1, -0.05) is 54.1 Å². The first-order valence-corrected chi connectivity index (χ1v) is 9.67. The molecule has 1 heterocycles. The summed E-state index contributed by atoms with van der Waals surface area (Å²) in [6.45, 7) is 0. The molecule has 4 rings (SSSR count). The van der Waals surface area contributed by atoms with Gasteiger partial charge in [-0.2, -0.15) is 0 Å². The maximum absolute atomic E-state index is 12.6. The molecule has 4 nitrogen and oxygen atoms in total. The highest BCUT2D eigenvalue weighted by atomic mass is 35.5. The monoisotopic (exact) mass is 423 g/mol. The summed E-state index contributed by atoms with van der Waals surface area (Å²) < 4.78 is 5.86. The van der Waals surface area contributed by atoms with E-state index < -0.39 is 5.38 Å². The number of alkyl halides is 1. The molecular formula is C23H15Cl2NO3. The van der Waals surface area contributed by atoms with Crippen molar-refractivity contribution in [1.82, 2.24) is 0 Å². The standard InChI is InChI=1S/C23H15Cl2NO3/c24-18-9-5-4-8-16(18)21-13-19(27)17-12-15(10-11-20(17)29-21)26-23(28)22(25)14-6-2-1-3-7-14/h1-13,22H,(H,26,28). The van der Waals surface area contributed by atoms with Gasteiger partial charge in [0.1, 0.15) is 16.7 Å². The minimum absolute atomic E-state index is 0.234. The Balaban J connectivity index is 1.64. The van der Waals surface area contributed by atoms with Gasteiger partial charge in [-0.05, 0) is 35.9 Å². The van der Waals surface area contributed by atoms with Crippen molar-refractivity contribution in [2.75, 3.05) is 5.32 Å². The molecule has 1 N–H and O–H groups in total. The number of amides is 1. The summed E-state index contributed by atoms with van der Waals surface area (Å²) in [5, 5.41) is 2.75. The summed E-state index contributed by atoms with van der Waals surface area (Å²) in [4.78, 5) is 25.1. The second-order valence-electron chi connectivity index (χ2n) is 6.43. The summed E-state index contributed by atoms with van der Waals surface area (Å²) in [7, 11) is 0. The molecule has 0 radical (unpaired) electrons. The molecule has 0 aliphatic carbocycles. The van der Waals surface area contributed by atoms with Crippen LogP contribution in [0.2, 0.25) is 5.02 Å². The summed E-state index contributed by atoms with van der Waals surface area (Å²) in [6, 6.07) is 22.4. The van der Waals surface area contributed by atoms with Gasteiger partial charge in [0.2, 0.25) is 5.91 Å². The SMILES string of the molecule is O=C(Nc1ccc2oc(-c3ccccc3Cl)cc(=O)c2c1)C(Cl)c1ccccc1. The lowest BCUT2D eigenvalue weighted by Gasteiger charge is -2.11. The molecule has 0 aliphatic rings. The molecule has 0 aliphatic heterocycles. The summed E-state index contributed by atoms with van der Waals surface area (Å²) in [5.41, 5.74) is 1.95. The van der Waals surface area contributed by atoms with Crippen LogP contribution in [0.4, 0.5) is 5.69 Å². The first-order chi connectivity index (χ1) is 14.0. The number of carbonyl (C=O) groups excluding carboxylic acids is 1. The highest BCUT2D eigenvalue weighted by Gasteiger charge is 2.18. The highest BCUT2D eigenvalue weighted by Crippen LogP contribution is 2.29. The van der Waals surface area contributed by atoms with Crippen LogP contribution in [0.25, 0.3) is 22.3 Å². The van der Waals surface area contributed by atoms with Crippen LogP contribution in [-0.4, -0.2) is 5.91 Å². The number of nitrogens with one attached hydrogen (secondary N) is 1. The van der Waals surface area contributed by atoms with Crippen molar-refractivity contribution < 1.29 is 9.21 Å². The van der Waals surface area contributed by atoms with Crippen LogP contribution < -0.4 is 10.7 Å². The van der Waals surface area contributed by atoms with Gasteiger partial charge in [0.15, 0.2) is 5.43 Å². The molecule has 1 aromatic heterocycles. The van der Waals surface area contributed by atoms with Crippen molar-refractivity contribution in [2.45, 2.75) is 5.38 Å². The van der Waals surface area contributed by atoms with Gasteiger partial charge in [0.05, 0.1) is 10.4 Å². The molecule has 1 amide bonds. The maximum Gasteiger partial charge on any atom is 0.246 e. The van der Waals surface area contributed by atoms with Crippen molar-refractivity contribution in [3.63, 3.8) is 0 Å². The lowest BCUT2D eigenvalue weighted by Crippen LogP contribution is -2.17. The summed E-state index contributed by atoms with van der Waals surface area (Å²) in [6.07, 6.45) is 0. The van der Waals surface area contributed by atoms with E-state index in [1.54, 1.807) is 48.5 Å². The predicted molar refractivity (Wildman–Crippen MR) is 117 cm³/mol. The van der Waals surface area contributed by atoms with Gasteiger partial charge < -0.3 is 9.73 Å². The number of benzene rings is 3. The van der Waals surface area contributed by atoms with Crippen LogP contribution in [0, 0.1) is 0 Å². The minimum atomic E-state index is -0.842. The average molecular weight is 424 g/mol. The van der Waals surface area contributed by atoms with E-state index in [9.17, 15) is 9.59 Å². The Bertz CT molecular complexity index is 1250. The van der Waals surface area contributed by atoms with E-state index in [2.05, 4.69) is 5.32 Å². The van der Waals surface area contributed by atoms with Crippen molar-refractivity contribution in [3.8, 4) is 11.3 Å². The highest BCUT2D eigenvalue weighted by molar-refractivity contribution is 6.33. The molecular weight excluding hydrogens is 409 g/mol. The molecule has 0 spiro atoms. The van der Waals surface area contributed by atoms with Crippen molar-refractivity contribution in [2.24, 2.45) is 0 Å². The zero-order valence-corrected chi connectivity index (χ0v) is 16.6. The number of anilines is 1. The number of hydrogen-bond acceptors (Lipinski definition) is 3. The van der Waals surface area contributed by atoms with E-state index in [4.69, 9.17) is 27.6 Å². The molecule has 6 heteroatoms. The molecule has 1 unspecified atom stereocenters. The fourth-order valence-corrected chi connectivity index (χ4v) is 3.44. The predicted octanol–water partition coefficient (Wildman–Crippen LogP) is 6.03. The third-order valence-electron chi connectivity index (χ3n) is 4.46. The van der Waals surface area contributed by atoms with Crippen LogP contribution in [0.3, 0.4) is 0 Å². The average Bonchev–Trinajstić information content (AvgIpc) is 2.74. The number of halogens is 2. The van der Waals surface area contributed by atoms with E-state index in [0.29, 0.717) is 38.6 Å². The second kappa shape index (κ2) is 8.11. The zero-order chi connectivity index (χ0) is 20.4. The molecule has 144 valence electrons. The van der Waals surface area contributed by atoms with E-state index in [1.165, 1.54) is 6.07 Å². The Morgan fingerprint density at radius 3 is 2.41 bits per heavy atom. The molecule has 0 saturated carbocycles. The quantitative estimate of drug-likeness (QED) is 0.407. The normalized spacial score (nSPS) is 11.9. The van der Waals surface area contributed by atoms with Gasteiger partial charge >= 0.3 is 0 Å². The Morgan fingerprint density at radius 2 is 1.66 bits per heavy atom. The number of hydrogen-bond donors (Lipinski definition) is 1. The first kappa shape index (κ1) is 19.2. The minimum Gasteiger partial charge on any atom is -0.456 e. The van der Waals surface area contributed by atoms with Gasteiger partial charge in [0, 0.05) is 17.3 Å². The van der Waals surface area contributed by atoms with Crippen LogP contribution in [0.15, 0.2) is 88.1 Å². The van der Waals surface area contributed by atoms with E-state index >= 15 is 0 Å². The molecule has 0 saturated heterocycles. The smallest absolute Gasteiger partial charge is 0.246 e. The van der Waals surface area contributed by atoms with Crippen molar-refractivity contribution in [1.29, 1.82) is 0 Å². The van der Waals surface area contributed by atoms with E-state index in [1.807, 2.05) is 24.3 Å². The number of rotatable bonds is 4. The van der Waals surface area contributed by atoms with Crippen molar-refractivity contribution in [3.05, 3.63) is 99.7 Å². The number of carbonyl (C=O) groups is 1. The van der Waals surface area contributed by atoms with Crippen LogP contribution in [0.1, 0.15) is 10.9 Å². The lowest BCUT2D eigenvalue weighted by atomic mass is 10.1. The zero-order valence-electron chi connectivity index (χ0n) is 15.1. The second-order valence-corrected chi connectivity index (χ2v) is 7.27. The van der Waals surface area contributed by atoms with Gasteiger partial charge in [0.25, 0.3) is 0 Å². The van der Waals surface area contributed by atoms with Crippen LogP contribution in [0.5, 0.6) is 0 Å². The third kappa shape index (κ3) is 4.04. The summed E-state index contributed by atoms with van der Waals surface area (Å²) >= 11 is 12.5. The van der Waals surface area contributed by atoms with E-state index in [0.717, 1.165) is 0 Å². The van der Waals surface area contributed by atoms with Gasteiger partial charge in [-0.3, -0.25) is 9.59 Å². The maximum atomic E-state index is 12.6. The topological polar surface area (TPSA) is 59.3 Å². The molecule has 1 atom stereocenters. The first-order valence-electron chi connectivity index (χ1n) is 8.85.